The fraction of sp³-hybridized carbons (Fsp3) is 0.0909. The Morgan fingerprint density at radius 1 is 1.38 bits per heavy atom. The molecule has 0 aliphatic carbocycles. The first-order valence-electron chi connectivity index (χ1n) is 4.52. The van der Waals surface area contributed by atoms with E-state index in [4.69, 9.17) is 15.3 Å². The fourth-order valence-electron chi connectivity index (χ4n) is 1.34. The molecular formula is C11H7N3O2. The summed E-state index contributed by atoms with van der Waals surface area (Å²) < 4.78 is 5.32. The smallest absolute Gasteiger partial charge is 0.215 e. The molecule has 0 spiro atoms. The van der Waals surface area contributed by atoms with Crippen molar-refractivity contribution in [3.8, 4) is 17.9 Å². The van der Waals surface area contributed by atoms with Crippen LogP contribution in [0.3, 0.4) is 0 Å². The van der Waals surface area contributed by atoms with Gasteiger partial charge in [0.25, 0.3) is 0 Å². The van der Waals surface area contributed by atoms with Gasteiger partial charge in [0.1, 0.15) is 11.6 Å². The molecule has 0 amide bonds. The standard InChI is InChI=1S/C11H7N3O2/c12-5-7(9(15)6-13)11-14-8-3-1-2-4-10(8)16-11/h1-4,9,14-15H/b11-7-. The number of hydrogen-bond acceptors (Lipinski definition) is 5. The summed E-state index contributed by atoms with van der Waals surface area (Å²) in [5.74, 6) is 0.674. The van der Waals surface area contributed by atoms with Gasteiger partial charge in [0.15, 0.2) is 11.9 Å². The molecule has 1 unspecified atom stereocenters. The number of nitrogens with one attached hydrogen (secondary N) is 1. The number of benzene rings is 1. The van der Waals surface area contributed by atoms with Crippen LogP contribution < -0.4 is 10.1 Å². The van der Waals surface area contributed by atoms with E-state index in [1.165, 1.54) is 0 Å². The maximum absolute atomic E-state index is 9.30. The normalized spacial score (nSPS) is 17.2. The Morgan fingerprint density at radius 2 is 2.12 bits per heavy atom. The van der Waals surface area contributed by atoms with Gasteiger partial charge in [-0.2, -0.15) is 10.5 Å². The summed E-state index contributed by atoms with van der Waals surface area (Å²) in [6, 6.07) is 10.4. The molecule has 0 aromatic heterocycles. The van der Waals surface area contributed by atoms with Crippen LogP contribution in [-0.2, 0) is 0 Å². The van der Waals surface area contributed by atoms with Crippen molar-refractivity contribution in [1.29, 1.82) is 10.5 Å². The van der Waals surface area contributed by atoms with Crippen LogP contribution in [0, 0.1) is 22.7 Å². The van der Waals surface area contributed by atoms with Gasteiger partial charge in [0.2, 0.25) is 5.88 Å². The molecule has 0 saturated heterocycles. The number of aliphatic hydroxyl groups excluding tert-OH is 1. The quantitative estimate of drug-likeness (QED) is 0.538. The Balaban J connectivity index is 2.39. The topological polar surface area (TPSA) is 89.1 Å². The fourth-order valence-corrected chi connectivity index (χ4v) is 1.34. The summed E-state index contributed by atoms with van der Waals surface area (Å²) in [6.45, 7) is 0. The van der Waals surface area contributed by atoms with Crippen molar-refractivity contribution in [1.82, 2.24) is 0 Å². The Kier molecular flexibility index (Phi) is 2.47. The Bertz CT molecular complexity index is 510. The van der Waals surface area contributed by atoms with Gasteiger partial charge in [-0.15, -0.1) is 0 Å². The molecule has 0 fully saturated rings. The van der Waals surface area contributed by atoms with E-state index in [-0.39, 0.29) is 11.5 Å². The maximum atomic E-state index is 9.30. The third kappa shape index (κ3) is 1.56. The molecule has 0 saturated carbocycles. The van der Waals surface area contributed by atoms with Crippen LogP contribution in [0.2, 0.25) is 0 Å². The van der Waals surface area contributed by atoms with Crippen LogP contribution in [0.4, 0.5) is 5.69 Å². The van der Waals surface area contributed by atoms with Crippen molar-refractivity contribution >= 4 is 5.69 Å². The van der Waals surface area contributed by atoms with E-state index in [2.05, 4.69) is 5.32 Å². The van der Waals surface area contributed by atoms with Gasteiger partial charge >= 0.3 is 0 Å². The zero-order valence-corrected chi connectivity index (χ0v) is 8.14. The highest BCUT2D eigenvalue weighted by Crippen LogP contribution is 2.34. The number of rotatable bonds is 1. The lowest BCUT2D eigenvalue weighted by atomic mass is 10.2. The van der Waals surface area contributed by atoms with Gasteiger partial charge in [0.05, 0.1) is 11.8 Å². The molecule has 16 heavy (non-hydrogen) atoms. The third-order valence-electron chi connectivity index (χ3n) is 2.11. The van der Waals surface area contributed by atoms with Crippen LogP contribution in [0.15, 0.2) is 35.7 Å². The summed E-state index contributed by atoms with van der Waals surface area (Å²) in [6.07, 6.45) is -1.48. The molecule has 5 nitrogen and oxygen atoms in total. The minimum absolute atomic E-state index is 0.109. The lowest BCUT2D eigenvalue weighted by molar-refractivity contribution is 0.264. The molecule has 1 atom stereocenters. The molecule has 1 aromatic rings. The predicted molar refractivity (Wildman–Crippen MR) is 55.0 cm³/mol. The van der Waals surface area contributed by atoms with Crippen LogP contribution in [-0.4, -0.2) is 11.2 Å². The monoisotopic (exact) mass is 213 g/mol. The van der Waals surface area contributed by atoms with Gasteiger partial charge in [-0.25, -0.2) is 0 Å². The molecule has 1 aliphatic heterocycles. The second-order valence-electron chi connectivity index (χ2n) is 3.11. The second-order valence-corrected chi connectivity index (χ2v) is 3.11. The molecular weight excluding hydrogens is 206 g/mol. The average Bonchev–Trinajstić information content (AvgIpc) is 2.72. The molecule has 5 heteroatoms. The molecule has 1 aromatic carbocycles. The highest BCUT2D eigenvalue weighted by Gasteiger charge is 2.23. The van der Waals surface area contributed by atoms with Gasteiger partial charge in [0, 0.05) is 0 Å². The predicted octanol–water partition coefficient (Wildman–Crippen LogP) is 1.11. The molecule has 0 radical (unpaired) electrons. The highest BCUT2D eigenvalue weighted by molar-refractivity contribution is 5.65. The minimum atomic E-state index is -1.48. The highest BCUT2D eigenvalue weighted by atomic mass is 16.5. The van der Waals surface area contributed by atoms with Gasteiger partial charge < -0.3 is 15.2 Å². The summed E-state index contributed by atoms with van der Waals surface area (Å²) in [5, 5.41) is 29.5. The van der Waals surface area contributed by atoms with Crippen molar-refractivity contribution in [3.05, 3.63) is 35.7 Å². The number of nitriles is 2. The number of aliphatic hydroxyl groups is 1. The molecule has 1 aliphatic rings. The first kappa shape index (κ1) is 10.0. The summed E-state index contributed by atoms with van der Waals surface area (Å²) in [7, 11) is 0. The number of hydrogen-bond donors (Lipinski definition) is 2. The maximum Gasteiger partial charge on any atom is 0.215 e. The molecule has 2 N–H and O–H groups in total. The lowest BCUT2D eigenvalue weighted by Gasteiger charge is -2.03. The third-order valence-corrected chi connectivity index (χ3v) is 2.11. The van der Waals surface area contributed by atoms with Crippen LogP contribution in [0.25, 0.3) is 0 Å². The van der Waals surface area contributed by atoms with Gasteiger partial charge in [-0.1, -0.05) is 12.1 Å². The van der Waals surface area contributed by atoms with Gasteiger partial charge in [-0.3, -0.25) is 0 Å². The first-order chi connectivity index (χ1) is 7.76. The Morgan fingerprint density at radius 3 is 2.75 bits per heavy atom. The van der Waals surface area contributed by atoms with E-state index in [0.717, 1.165) is 0 Å². The number of nitrogens with zero attached hydrogens (tertiary/aromatic N) is 2. The Labute approximate surface area is 91.8 Å². The van der Waals surface area contributed by atoms with Crippen molar-refractivity contribution in [2.24, 2.45) is 0 Å². The molecule has 1 heterocycles. The summed E-state index contributed by atoms with van der Waals surface area (Å²) in [4.78, 5) is 0. The minimum Gasteiger partial charge on any atom is -0.438 e. The first-order valence-corrected chi connectivity index (χ1v) is 4.52. The number of anilines is 1. The van der Waals surface area contributed by atoms with Crippen molar-refractivity contribution in [3.63, 3.8) is 0 Å². The van der Waals surface area contributed by atoms with Crippen LogP contribution in [0.1, 0.15) is 0 Å². The van der Waals surface area contributed by atoms with E-state index in [1.807, 2.05) is 6.07 Å². The van der Waals surface area contributed by atoms with Gasteiger partial charge in [-0.05, 0) is 12.1 Å². The van der Waals surface area contributed by atoms with Crippen molar-refractivity contribution in [2.75, 3.05) is 5.32 Å². The van der Waals surface area contributed by atoms with E-state index in [9.17, 15) is 5.11 Å². The van der Waals surface area contributed by atoms with E-state index in [0.29, 0.717) is 11.4 Å². The number of ether oxygens (including phenoxy) is 1. The van der Waals surface area contributed by atoms with Crippen LogP contribution >= 0.6 is 0 Å². The lowest BCUT2D eigenvalue weighted by Crippen LogP contribution is -2.13. The van der Waals surface area contributed by atoms with E-state index >= 15 is 0 Å². The zero-order chi connectivity index (χ0) is 11.5. The van der Waals surface area contributed by atoms with Crippen LogP contribution in [0.5, 0.6) is 5.75 Å². The molecule has 78 valence electrons. The largest absolute Gasteiger partial charge is 0.438 e. The molecule has 0 bridgehead atoms. The van der Waals surface area contributed by atoms with E-state index in [1.54, 1.807) is 30.3 Å². The summed E-state index contributed by atoms with van der Waals surface area (Å²) >= 11 is 0. The number of fused-ring (bicyclic) bond motifs is 1. The summed E-state index contributed by atoms with van der Waals surface area (Å²) in [5.41, 5.74) is 0.578. The Hall–Kier alpha value is -2.50. The second kappa shape index (κ2) is 3.93. The SMILES string of the molecule is N#C/C(=C1\Nc2ccccc2O1)C(O)C#N. The zero-order valence-electron chi connectivity index (χ0n) is 8.14. The van der Waals surface area contributed by atoms with Crippen molar-refractivity contribution in [2.45, 2.75) is 6.10 Å². The van der Waals surface area contributed by atoms with E-state index < -0.39 is 6.10 Å². The average molecular weight is 213 g/mol. The molecule has 2 rings (SSSR count). The number of para-hydroxylation sites is 2. The van der Waals surface area contributed by atoms with Crippen molar-refractivity contribution < 1.29 is 9.84 Å².